The van der Waals surface area contributed by atoms with Crippen molar-refractivity contribution in [3.8, 4) is 5.88 Å². The number of ether oxygens (including phenoxy) is 1. The average Bonchev–Trinajstić information content (AvgIpc) is 3.42. The molecule has 32 heavy (non-hydrogen) atoms. The SMILES string of the molecule is O=S1COc2nc(N3CCC(c4ccc5c(c4)CCC5)CC3)nc(NC3(CO)CCC3)c21. The van der Waals surface area contributed by atoms with Gasteiger partial charge in [0, 0.05) is 13.1 Å². The van der Waals surface area contributed by atoms with Crippen molar-refractivity contribution in [3.05, 3.63) is 34.9 Å². The second-order valence-corrected chi connectivity index (χ2v) is 11.0. The zero-order valence-electron chi connectivity index (χ0n) is 18.3. The number of fused-ring (bicyclic) bond motifs is 2. The first-order valence-electron chi connectivity index (χ1n) is 11.8. The molecule has 2 aromatic rings. The van der Waals surface area contributed by atoms with Crippen LogP contribution in [0.3, 0.4) is 0 Å². The van der Waals surface area contributed by atoms with E-state index in [0.717, 1.165) is 45.2 Å². The number of aromatic nitrogens is 2. The predicted octanol–water partition coefficient (Wildman–Crippen LogP) is 3.13. The maximum Gasteiger partial charge on any atom is 0.238 e. The third-order valence-corrected chi connectivity index (χ3v) is 8.88. The Balaban J connectivity index is 1.22. The van der Waals surface area contributed by atoms with Crippen molar-refractivity contribution in [2.24, 2.45) is 0 Å². The summed E-state index contributed by atoms with van der Waals surface area (Å²) in [5, 5.41) is 13.3. The van der Waals surface area contributed by atoms with Crippen LogP contribution in [0.15, 0.2) is 23.1 Å². The molecule has 2 aliphatic heterocycles. The van der Waals surface area contributed by atoms with Crippen LogP contribution in [0.2, 0.25) is 0 Å². The standard InChI is InChI=1S/C24H30N4O3S/c29-14-24(9-2-10-24)27-21-20-22(31-15-32(20)30)26-23(25-21)28-11-7-17(8-12-28)19-6-5-16-3-1-4-18(16)13-19/h5-6,13,17,29H,1-4,7-12,14-15H2,(H,25,26,27). The highest BCUT2D eigenvalue weighted by Gasteiger charge is 2.39. The minimum atomic E-state index is -1.28. The van der Waals surface area contributed by atoms with Gasteiger partial charge in [0.2, 0.25) is 11.8 Å². The summed E-state index contributed by atoms with van der Waals surface area (Å²) in [4.78, 5) is 12.2. The number of aliphatic hydroxyl groups excluding tert-OH is 1. The Hall–Kier alpha value is -2.19. The van der Waals surface area contributed by atoms with Gasteiger partial charge in [0.15, 0.2) is 11.8 Å². The van der Waals surface area contributed by atoms with Crippen LogP contribution in [0.5, 0.6) is 5.88 Å². The fourth-order valence-electron chi connectivity index (χ4n) is 5.55. The zero-order valence-corrected chi connectivity index (χ0v) is 19.1. The van der Waals surface area contributed by atoms with Gasteiger partial charge in [-0.25, -0.2) is 0 Å². The molecular formula is C24H30N4O3S. The molecule has 7 nitrogen and oxygen atoms in total. The summed E-state index contributed by atoms with van der Waals surface area (Å²) in [6.07, 6.45) is 8.71. The van der Waals surface area contributed by atoms with Gasteiger partial charge in [-0.05, 0) is 74.0 Å². The van der Waals surface area contributed by atoms with E-state index in [1.807, 2.05) is 0 Å². The number of benzene rings is 1. The predicted molar refractivity (Wildman–Crippen MR) is 124 cm³/mol. The Morgan fingerprint density at radius 1 is 1.16 bits per heavy atom. The van der Waals surface area contributed by atoms with E-state index in [0.29, 0.717) is 28.5 Å². The first-order valence-corrected chi connectivity index (χ1v) is 13.1. The molecule has 1 saturated carbocycles. The van der Waals surface area contributed by atoms with E-state index in [4.69, 9.17) is 9.72 Å². The van der Waals surface area contributed by atoms with Crippen molar-refractivity contribution in [2.75, 3.05) is 35.9 Å². The number of piperidine rings is 1. The van der Waals surface area contributed by atoms with E-state index in [-0.39, 0.29) is 18.1 Å². The number of nitrogens with one attached hydrogen (secondary N) is 1. The number of aliphatic hydroxyl groups is 1. The maximum atomic E-state index is 12.5. The van der Waals surface area contributed by atoms with Gasteiger partial charge in [0.25, 0.3) is 0 Å². The molecule has 0 amide bonds. The molecule has 2 aliphatic carbocycles. The fourth-order valence-corrected chi connectivity index (χ4v) is 6.50. The minimum absolute atomic E-state index is 0.0424. The molecule has 3 heterocycles. The number of aryl methyl sites for hydroxylation is 2. The van der Waals surface area contributed by atoms with E-state index in [9.17, 15) is 9.32 Å². The highest BCUT2D eigenvalue weighted by atomic mass is 32.2. The van der Waals surface area contributed by atoms with E-state index in [1.54, 1.807) is 5.56 Å². The highest BCUT2D eigenvalue weighted by molar-refractivity contribution is 7.85. The Kier molecular flexibility index (Phi) is 5.10. The largest absolute Gasteiger partial charge is 0.463 e. The number of nitrogens with zero attached hydrogens (tertiary/aromatic N) is 3. The zero-order chi connectivity index (χ0) is 21.7. The number of hydrogen-bond acceptors (Lipinski definition) is 7. The molecule has 6 rings (SSSR count). The van der Waals surface area contributed by atoms with E-state index < -0.39 is 10.8 Å². The van der Waals surface area contributed by atoms with Crippen molar-refractivity contribution in [3.63, 3.8) is 0 Å². The molecule has 1 unspecified atom stereocenters. The van der Waals surface area contributed by atoms with Crippen molar-refractivity contribution < 1.29 is 14.1 Å². The van der Waals surface area contributed by atoms with Crippen molar-refractivity contribution >= 4 is 22.6 Å². The van der Waals surface area contributed by atoms with E-state index >= 15 is 0 Å². The first-order chi connectivity index (χ1) is 15.6. The number of rotatable bonds is 5. The smallest absolute Gasteiger partial charge is 0.238 e. The van der Waals surface area contributed by atoms with Gasteiger partial charge in [-0.1, -0.05) is 18.2 Å². The lowest BCUT2D eigenvalue weighted by Gasteiger charge is -2.41. The third kappa shape index (κ3) is 3.48. The second-order valence-electron chi connectivity index (χ2n) is 9.67. The monoisotopic (exact) mass is 454 g/mol. The Labute approximate surface area is 191 Å². The molecule has 2 fully saturated rings. The lowest BCUT2D eigenvalue weighted by atomic mass is 9.77. The summed E-state index contributed by atoms with van der Waals surface area (Å²) in [5.41, 5.74) is 4.17. The Bertz CT molecular complexity index is 1060. The minimum Gasteiger partial charge on any atom is -0.463 e. The molecule has 170 valence electrons. The molecule has 0 bridgehead atoms. The van der Waals surface area contributed by atoms with Gasteiger partial charge in [0.1, 0.15) is 15.7 Å². The van der Waals surface area contributed by atoms with Gasteiger partial charge in [0.05, 0.1) is 12.1 Å². The summed E-state index contributed by atoms with van der Waals surface area (Å²) in [6, 6.07) is 7.10. The van der Waals surface area contributed by atoms with Crippen molar-refractivity contribution in [2.45, 2.75) is 67.7 Å². The van der Waals surface area contributed by atoms with Gasteiger partial charge in [-0.3, -0.25) is 4.21 Å². The molecule has 1 aromatic heterocycles. The van der Waals surface area contributed by atoms with Crippen LogP contribution in [0.4, 0.5) is 11.8 Å². The molecular weight excluding hydrogens is 424 g/mol. The molecule has 0 radical (unpaired) electrons. The first kappa shape index (κ1) is 20.4. The molecule has 4 aliphatic rings. The summed E-state index contributed by atoms with van der Waals surface area (Å²) < 4.78 is 18.2. The van der Waals surface area contributed by atoms with Crippen LogP contribution in [0.1, 0.15) is 61.1 Å². The topological polar surface area (TPSA) is 87.6 Å². The van der Waals surface area contributed by atoms with Crippen LogP contribution in [0, 0.1) is 0 Å². The molecule has 2 N–H and O–H groups in total. The van der Waals surface area contributed by atoms with Gasteiger partial charge >= 0.3 is 0 Å². The molecule has 1 atom stereocenters. The lowest BCUT2D eigenvalue weighted by molar-refractivity contribution is 0.143. The fraction of sp³-hybridized carbons (Fsp3) is 0.583. The van der Waals surface area contributed by atoms with Crippen LogP contribution in [-0.2, 0) is 23.6 Å². The van der Waals surface area contributed by atoms with Crippen LogP contribution in [0.25, 0.3) is 0 Å². The summed E-state index contributed by atoms with van der Waals surface area (Å²) in [7, 11) is -1.28. The molecule has 8 heteroatoms. The summed E-state index contributed by atoms with van der Waals surface area (Å²) in [6.45, 7) is 1.81. The molecule has 1 aromatic carbocycles. The van der Waals surface area contributed by atoms with Crippen molar-refractivity contribution in [1.82, 2.24) is 9.97 Å². The number of anilines is 2. The van der Waals surface area contributed by atoms with E-state index in [1.165, 1.54) is 30.4 Å². The van der Waals surface area contributed by atoms with Gasteiger partial charge < -0.3 is 20.1 Å². The third-order valence-electron chi connectivity index (χ3n) is 7.72. The summed E-state index contributed by atoms with van der Waals surface area (Å²) in [5.74, 6) is 2.30. The van der Waals surface area contributed by atoms with Crippen LogP contribution in [-0.4, -0.2) is 50.5 Å². The molecule has 1 saturated heterocycles. The average molecular weight is 455 g/mol. The van der Waals surface area contributed by atoms with Crippen LogP contribution < -0.4 is 15.0 Å². The van der Waals surface area contributed by atoms with Crippen molar-refractivity contribution in [1.29, 1.82) is 0 Å². The number of hydrogen-bond donors (Lipinski definition) is 2. The maximum absolute atomic E-state index is 12.5. The Morgan fingerprint density at radius 2 is 1.97 bits per heavy atom. The highest BCUT2D eigenvalue weighted by Crippen LogP contribution is 2.41. The van der Waals surface area contributed by atoms with Crippen LogP contribution >= 0.6 is 0 Å². The quantitative estimate of drug-likeness (QED) is 0.718. The lowest BCUT2D eigenvalue weighted by Crippen LogP contribution is -2.48. The Morgan fingerprint density at radius 3 is 2.72 bits per heavy atom. The summed E-state index contributed by atoms with van der Waals surface area (Å²) >= 11 is 0. The van der Waals surface area contributed by atoms with Gasteiger partial charge in [-0.15, -0.1) is 0 Å². The molecule has 0 spiro atoms. The normalized spacial score (nSPS) is 23.9. The second kappa shape index (κ2) is 7.99. The van der Waals surface area contributed by atoms with E-state index in [2.05, 4.69) is 33.4 Å². The van der Waals surface area contributed by atoms with Gasteiger partial charge in [-0.2, -0.15) is 9.97 Å².